The molecule has 1 amide bonds. The molecule has 3 N–H and O–H groups in total. The van der Waals surface area contributed by atoms with Crippen molar-refractivity contribution >= 4 is 33.3 Å². The Morgan fingerprint density at radius 1 is 1.45 bits per heavy atom. The van der Waals surface area contributed by atoms with Crippen LogP contribution < -0.4 is 11.1 Å². The van der Waals surface area contributed by atoms with Crippen LogP contribution in [0.15, 0.2) is 34.9 Å². The second kappa shape index (κ2) is 5.67. The molecule has 0 unspecified atom stereocenters. The van der Waals surface area contributed by atoms with Gasteiger partial charge in [0.1, 0.15) is 17.7 Å². The minimum Gasteiger partial charge on any atom is -0.383 e. The first-order chi connectivity index (χ1) is 9.51. The zero-order valence-corrected chi connectivity index (χ0v) is 11.6. The Morgan fingerprint density at radius 2 is 2.20 bits per heavy atom. The van der Waals surface area contributed by atoms with Gasteiger partial charge >= 0.3 is 0 Å². The number of rotatable bonds is 2. The van der Waals surface area contributed by atoms with Crippen LogP contribution in [0.3, 0.4) is 0 Å². The van der Waals surface area contributed by atoms with Crippen LogP contribution in [0.5, 0.6) is 0 Å². The highest BCUT2D eigenvalue weighted by Gasteiger charge is 2.14. The first kappa shape index (κ1) is 14.0. The van der Waals surface area contributed by atoms with E-state index < -0.39 is 11.7 Å². The molecule has 2 rings (SSSR count). The number of benzene rings is 1. The number of pyridine rings is 1. The number of nitrogen functional groups attached to an aromatic ring is 1. The van der Waals surface area contributed by atoms with Crippen molar-refractivity contribution in [3.8, 4) is 6.07 Å². The first-order valence-electron chi connectivity index (χ1n) is 5.43. The van der Waals surface area contributed by atoms with Crippen LogP contribution in [-0.2, 0) is 0 Å². The molecule has 0 radical (unpaired) electrons. The highest BCUT2D eigenvalue weighted by Crippen LogP contribution is 2.21. The molecule has 0 fully saturated rings. The lowest BCUT2D eigenvalue weighted by Gasteiger charge is -2.08. The number of carbonyl (C=O) groups excluding carboxylic acids is 1. The fourth-order valence-electron chi connectivity index (χ4n) is 1.54. The number of halogens is 2. The van der Waals surface area contributed by atoms with Crippen molar-refractivity contribution in [2.75, 3.05) is 11.1 Å². The number of hydrogen-bond acceptors (Lipinski definition) is 4. The third-order valence-corrected chi connectivity index (χ3v) is 2.97. The number of aromatic nitrogens is 1. The van der Waals surface area contributed by atoms with Crippen LogP contribution in [-0.4, -0.2) is 10.9 Å². The van der Waals surface area contributed by atoms with Gasteiger partial charge in [0.2, 0.25) is 0 Å². The molecular weight excluding hydrogens is 327 g/mol. The van der Waals surface area contributed by atoms with Gasteiger partial charge in [-0.1, -0.05) is 15.9 Å². The Kier molecular flexibility index (Phi) is 3.96. The highest BCUT2D eigenvalue weighted by atomic mass is 79.9. The van der Waals surface area contributed by atoms with Crippen molar-refractivity contribution in [2.45, 2.75) is 0 Å². The number of amides is 1. The van der Waals surface area contributed by atoms with Crippen molar-refractivity contribution in [3.63, 3.8) is 0 Å². The summed E-state index contributed by atoms with van der Waals surface area (Å²) in [7, 11) is 0. The monoisotopic (exact) mass is 334 g/mol. The van der Waals surface area contributed by atoms with Crippen molar-refractivity contribution in [2.24, 2.45) is 0 Å². The molecule has 0 aliphatic rings. The predicted molar refractivity (Wildman–Crippen MR) is 75.4 cm³/mol. The average molecular weight is 335 g/mol. The van der Waals surface area contributed by atoms with Crippen LogP contribution in [0, 0.1) is 17.1 Å². The molecule has 1 heterocycles. The normalized spacial score (nSPS) is 9.85. The Balaban J connectivity index is 2.33. The summed E-state index contributed by atoms with van der Waals surface area (Å²) in [6, 6.07) is 7.73. The van der Waals surface area contributed by atoms with E-state index in [4.69, 9.17) is 11.0 Å². The van der Waals surface area contributed by atoms with Gasteiger partial charge in [-0.2, -0.15) is 5.26 Å². The molecule has 0 bridgehead atoms. The van der Waals surface area contributed by atoms with Gasteiger partial charge in [-0.15, -0.1) is 0 Å². The summed E-state index contributed by atoms with van der Waals surface area (Å²) in [4.78, 5) is 15.6. The van der Waals surface area contributed by atoms with Gasteiger partial charge < -0.3 is 11.1 Å². The molecule has 1 aromatic carbocycles. The lowest BCUT2D eigenvalue weighted by atomic mass is 10.1. The number of nitriles is 1. The van der Waals surface area contributed by atoms with Gasteiger partial charge in [0.15, 0.2) is 0 Å². The van der Waals surface area contributed by atoms with Gasteiger partial charge in [0.25, 0.3) is 5.91 Å². The maximum Gasteiger partial charge on any atom is 0.259 e. The molecule has 0 aliphatic carbocycles. The number of anilines is 2. The molecule has 0 atom stereocenters. The topological polar surface area (TPSA) is 91.8 Å². The van der Waals surface area contributed by atoms with E-state index in [9.17, 15) is 9.18 Å². The molecule has 0 spiro atoms. The smallest absolute Gasteiger partial charge is 0.259 e. The first-order valence-corrected chi connectivity index (χ1v) is 6.22. The largest absolute Gasteiger partial charge is 0.383 e. The number of hydrogen-bond donors (Lipinski definition) is 2. The molecule has 5 nitrogen and oxygen atoms in total. The Labute approximate surface area is 122 Å². The Morgan fingerprint density at radius 3 is 2.90 bits per heavy atom. The molecule has 0 saturated heterocycles. The number of carbonyl (C=O) groups is 1. The molecule has 0 aliphatic heterocycles. The highest BCUT2D eigenvalue weighted by molar-refractivity contribution is 9.10. The van der Waals surface area contributed by atoms with Crippen LogP contribution in [0.4, 0.5) is 15.9 Å². The van der Waals surface area contributed by atoms with Crippen molar-refractivity contribution in [1.29, 1.82) is 5.26 Å². The number of nitrogens with zero attached hydrogens (tertiary/aromatic N) is 2. The summed E-state index contributed by atoms with van der Waals surface area (Å²) in [6.07, 6.45) is 0.923. The van der Waals surface area contributed by atoms with Gasteiger partial charge in [-0.3, -0.25) is 4.79 Å². The molecule has 1 aromatic heterocycles. The van der Waals surface area contributed by atoms with Crippen molar-refractivity contribution in [1.82, 2.24) is 4.98 Å². The Hall–Kier alpha value is -2.46. The number of nitrogens with two attached hydrogens (primary N) is 1. The van der Waals surface area contributed by atoms with E-state index in [0.29, 0.717) is 10.2 Å². The van der Waals surface area contributed by atoms with E-state index >= 15 is 0 Å². The van der Waals surface area contributed by atoms with E-state index in [-0.39, 0.29) is 16.9 Å². The summed E-state index contributed by atoms with van der Waals surface area (Å²) >= 11 is 3.23. The van der Waals surface area contributed by atoms with Crippen LogP contribution in [0.1, 0.15) is 15.9 Å². The summed E-state index contributed by atoms with van der Waals surface area (Å²) < 4.78 is 13.8. The van der Waals surface area contributed by atoms with Crippen LogP contribution in [0.2, 0.25) is 0 Å². The predicted octanol–water partition coefficient (Wildman–Crippen LogP) is 2.69. The molecule has 20 heavy (non-hydrogen) atoms. The zero-order chi connectivity index (χ0) is 14.7. The molecule has 0 saturated carbocycles. The maximum atomic E-state index is 13.1. The van der Waals surface area contributed by atoms with E-state index in [1.54, 1.807) is 18.2 Å². The van der Waals surface area contributed by atoms with Crippen molar-refractivity contribution < 1.29 is 9.18 Å². The van der Waals surface area contributed by atoms with Crippen molar-refractivity contribution in [3.05, 3.63) is 51.9 Å². The minimum atomic E-state index is -0.666. The third kappa shape index (κ3) is 2.92. The van der Waals surface area contributed by atoms with E-state index in [1.165, 1.54) is 0 Å². The van der Waals surface area contributed by atoms with E-state index in [2.05, 4.69) is 26.2 Å². The van der Waals surface area contributed by atoms with Crippen LogP contribution >= 0.6 is 15.9 Å². The fourth-order valence-corrected chi connectivity index (χ4v) is 1.90. The summed E-state index contributed by atoms with van der Waals surface area (Å²) in [5, 5.41) is 11.5. The molecule has 100 valence electrons. The van der Waals surface area contributed by atoms with Gasteiger partial charge in [-0.05, 0) is 24.3 Å². The Bertz CT molecular complexity index is 727. The average Bonchev–Trinajstić information content (AvgIpc) is 2.43. The SMILES string of the molecule is N#Cc1cc(Br)ccc1NC(=O)c1cc(F)cnc1N. The standard InChI is InChI=1S/C13H8BrFN4O/c14-8-1-2-11(7(3-8)5-16)19-13(20)10-4-9(15)6-18-12(10)17/h1-4,6H,(H2,17,18)(H,19,20). The summed E-state index contributed by atoms with van der Waals surface area (Å²) in [5.41, 5.74) is 6.02. The zero-order valence-electron chi connectivity index (χ0n) is 10.0. The second-order valence-corrected chi connectivity index (χ2v) is 4.76. The van der Waals surface area contributed by atoms with Crippen LogP contribution in [0.25, 0.3) is 0 Å². The third-order valence-electron chi connectivity index (χ3n) is 2.48. The van der Waals surface area contributed by atoms with Gasteiger partial charge in [0.05, 0.1) is 23.0 Å². The second-order valence-electron chi connectivity index (χ2n) is 3.84. The summed E-state index contributed by atoms with van der Waals surface area (Å²) in [6.45, 7) is 0. The molecular formula is C13H8BrFN4O. The van der Waals surface area contributed by atoms with Gasteiger partial charge in [-0.25, -0.2) is 9.37 Å². The maximum absolute atomic E-state index is 13.1. The summed E-state index contributed by atoms with van der Waals surface area (Å²) in [5.74, 6) is -1.38. The fraction of sp³-hybridized carbons (Fsp3) is 0. The molecule has 7 heteroatoms. The number of nitrogens with one attached hydrogen (secondary N) is 1. The quantitative estimate of drug-likeness (QED) is 0.883. The molecule has 2 aromatic rings. The lowest BCUT2D eigenvalue weighted by Crippen LogP contribution is -2.16. The minimum absolute atomic E-state index is 0.0838. The van der Waals surface area contributed by atoms with E-state index in [0.717, 1.165) is 12.3 Å². The van der Waals surface area contributed by atoms with E-state index in [1.807, 2.05) is 6.07 Å². The van der Waals surface area contributed by atoms with Gasteiger partial charge in [0, 0.05) is 4.47 Å². The lowest BCUT2D eigenvalue weighted by molar-refractivity contribution is 0.102.